The molecule has 1 aliphatic heterocycles. The number of Topliss-reactive ketones (excluding diaryl/α,β-unsaturated/α-hetero) is 1. The Labute approximate surface area is 183 Å². The number of aromatic nitrogens is 1. The van der Waals surface area contributed by atoms with E-state index in [9.17, 15) is 14.4 Å². The highest BCUT2D eigenvalue weighted by atomic mass is 32.1. The number of carbonyl (C=O) groups is 3. The van der Waals surface area contributed by atoms with E-state index in [1.807, 2.05) is 29.6 Å². The predicted octanol–water partition coefficient (Wildman–Crippen LogP) is 3.60. The minimum Gasteiger partial charge on any atom is -0.497 e. The maximum Gasteiger partial charge on any atom is 0.311 e. The number of rotatable bonds is 7. The fraction of sp³-hybridized carbons (Fsp3) is 0.217. The Morgan fingerprint density at radius 3 is 2.74 bits per heavy atom. The van der Waals surface area contributed by atoms with Gasteiger partial charge in [0.2, 0.25) is 5.91 Å². The standard InChI is InChI=1S/C23H20N2O5S/c1-29-18-9-5-8-16(10-18)19-14-31-23(24-19)25-12-17(11-21(25)27)22(28)30-13-20(26)15-6-3-2-4-7-15/h2-10,14,17H,11-13H2,1H3. The quantitative estimate of drug-likeness (QED) is 0.416. The second kappa shape index (κ2) is 9.09. The Morgan fingerprint density at radius 1 is 1.16 bits per heavy atom. The zero-order chi connectivity index (χ0) is 21.8. The van der Waals surface area contributed by atoms with Gasteiger partial charge in [0.25, 0.3) is 0 Å². The molecule has 158 valence electrons. The van der Waals surface area contributed by atoms with Crippen molar-refractivity contribution in [3.8, 4) is 17.0 Å². The van der Waals surface area contributed by atoms with Gasteiger partial charge >= 0.3 is 5.97 Å². The number of ketones is 1. The molecule has 8 heteroatoms. The van der Waals surface area contributed by atoms with E-state index in [-0.39, 0.29) is 31.3 Å². The maximum absolute atomic E-state index is 12.5. The van der Waals surface area contributed by atoms with E-state index in [4.69, 9.17) is 9.47 Å². The van der Waals surface area contributed by atoms with Crippen LogP contribution in [0, 0.1) is 5.92 Å². The normalized spacial score (nSPS) is 15.7. The van der Waals surface area contributed by atoms with Crippen LogP contribution in [0.2, 0.25) is 0 Å². The minimum absolute atomic E-state index is 0.0342. The molecule has 1 aliphatic rings. The summed E-state index contributed by atoms with van der Waals surface area (Å²) >= 11 is 1.34. The van der Waals surface area contributed by atoms with Crippen LogP contribution in [0.3, 0.4) is 0 Å². The number of ether oxygens (including phenoxy) is 2. The third-order valence-electron chi connectivity index (χ3n) is 4.99. The summed E-state index contributed by atoms with van der Waals surface area (Å²) in [6.45, 7) is -0.160. The Morgan fingerprint density at radius 2 is 1.97 bits per heavy atom. The van der Waals surface area contributed by atoms with Crippen molar-refractivity contribution in [2.24, 2.45) is 5.92 Å². The molecule has 1 aromatic heterocycles. The largest absolute Gasteiger partial charge is 0.497 e. The number of esters is 1. The van der Waals surface area contributed by atoms with Crippen LogP contribution in [0.25, 0.3) is 11.3 Å². The van der Waals surface area contributed by atoms with Gasteiger partial charge in [0.05, 0.1) is 18.7 Å². The number of amides is 1. The molecule has 1 fully saturated rings. The molecule has 1 unspecified atom stereocenters. The van der Waals surface area contributed by atoms with Gasteiger partial charge in [-0.25, -0.2) is 4.98 Å². The van der Waals surface area contributed by atoms with Crippen molar-refractivity contribution in [3.63, 3.8) is 0 Å². The first-order chi connectivity index (χ1) is 15.0. The summed E-state index contributed by atoms with van der Waals surface area (Å²) in [4.78, 5) is 43.1. The van der Waals surface area contributed by atoms with Gasteiger partial charge in [-0.2, -0.15) is 0 Å². The molecule has 0 aliphatic carbocycles. The molecule has 1 atom stereocenters. The van der Waals surface area contributed by atoms with Crippen LogP contribution < -0.4 is 9.64 Å². The zero-order valence-corrected chi connectivity index (χ0v) is 17.6. The van der Waals surface area contributed by atoms with Gasteiger partial charge in [-0.15, -0.1) is 11.3 Å². The van der Waals surface area contributed by atoms with Crippen molar-refractivity contribution in [3.05, 3.63) is 65.5 Å². The second-order valence-corrected chi connectivity index (χ2v) is 7.89. The molecule has 4 rings (SSSR count). The Bertz CT molecular complexity index is 1110. The number of thiazole rings is 1. The first-order valence-corrected chi connectivity index (χ1v) is 10.6. The number of methoxy groups -OCH3 is 1. The van der Waals surface area contributed by atoms with Crippen LogP contribution in [0.1, 0.15) is 16.8 Å². The number of benzene rings is 2. The van der Waals surface area contributed by atoms with Crippen LogP contribution >= 0.6 is 11.3 Å². The monoisotopic (exact) mass is 436 g/mol. The SMILES string of the molecule is COc1cccc(-c2csc(N3CC(C(=O)OCC(=O)c4ccccc4)CC3=O)n2)c1. The highest BCUT2D eigenvalue weighted by Gasteiger charge is 2.37. The number of hydrogen-bond donors (Lipinski definition) is 0. The lowest BCUT2D eigenvalue weighted by Gasteiger charge is -2.12. The van der Waals surface area contributed by atoms with Crippen molar-refractivity contribution in [2.75, 3.05) is 25.2 Å². The van der Waals surface area contributed by atoms with Gasteiger partial charge in [-0.3, -0.25) is 19.3 Å². The Kier molecular flexibility index (Phi) is 6.08. The molecule has 31 heavy (non-hydrogen) atoms. The predicted molar refractivity (Wildman–Crippen MR) is 116 cm³/mol. The lowest BCUT2D eigenvalue weighted by molar-refractivity contribution is -0.147. The van der Waals surface area contributed by atoms with Gasteiger partial charge in [0.15, 0.2) is 17.5 Å². The molecule has 1 saturated heterocycles. The van der Waals surface area contributed by atoms with Gasteiger partial charge in [0, 0.05) is 29.5 Å². The van der Waals surface area contributed by atoms with Crippen molar-refractivity contribution < 1.29 is 23.9 Å². The van der Waals surface area contributed by atoms with E-state index >= 15 is 0 Å². The van der Waals surface area contributed by atoms with Crippen LogP contribution in [-0.4, -0.2) is 42.9 Å². The van der Waals surface area contributed by atoms with Crippen LogP contribution in [-0.2, 0) is 14.3 Å². The summed E-state index contributed by atoms with van der Waals surface area (Å²) < 4.78 is 10.4. The first kappa shape index (κ1) is 20.7. The molecule has 0 saturated carbocycles. The molecule has 3 aromatic rings. The van der Waals surface area contributed by atoms with Gasteiger partial charge in [0.1, 0.15) is 5.75 Å². The van der Waals surface area contributed by atoms with E-state index in [2.05, 4.69) is 4.98 Å². The number of hydrogen-bond acceptors (Lipinski definition) is 7. The number of nitrogens with zero attached hydrogens (tertiary/aromatic N) is 2. The third-order valence-corrected chi connectivity index (χ3v) is 5.85. The fourth-order valence-electron chi connectivity index (χ4n) is 3.32. The second-order valence-electron chi connectivity index (χ2n) is 7.05. The zero-order valence-electron chi connectivity index (χ0n) is 16.8. The van der Waals surface area contributed by atoms with E-state index in [1.165, 1.54) is 16.2 Å². The summed E-state index contributed by atoms with van der Waals surface area (Å²) in [6.07, 6.45) is 0.0342. The Balaban J connectivity index is 1.38. The Hall–Kier alpha value is -3.52. The molecule has 2 aromatic carbocycles. The van der Waals surface area contributed by atoms with Crippen molar-refractivity contribution in [1.29, 1.82) is 0 Å². The third kappa shape index (κ3) is 4.64. The maximum atomic E-state index is 12.5. The van der Waals surface area contributed by atoms with E-state index < -0.39 is 11.9 Å². The lowest BCUT2D eigenvalue weighted by Crippen LogP contribution is -2.27. The van der Waals surface area contributed by atoms with E-state index in [0.29, 0.717) is 10.7 Å². The molecule has 7 nitrogen and oxygen atoms in total. The average molecular weight is 436 g/mol. The van der Waals surface area contributed by atoms with Gasteiger partial charge < -0.3 is 9.47 Å². The fourth-order valence-corrected chi connectivity index (χ4v) is 4.18. The van der Waals surface area contributed by atoms with Crippen molar-refractivity contribution >= 4 is 34.1 Å². The minimum atomic E-state index is -0.625. The molecule has 0 bridgehead atoms. The number of anilines is 1. The van der Waals surface area contributed by atoms with Crippen LogP contribution in [0.5, 0.6) is 5.75 Å². The van der Waals surface area contributed by atoms with Crippen molar-refractivity contribution in [1.82, 2.24) is 4.98 Å². The first-order valence-electron chi connectivity index (χ1n) is 9.70. The van der Waals surface area contributed by atoms with Gasteiger partial charge in [-0.1, -0.05) is 42.5 Å². The molecule has 0 spiro atoms. The topological polar surface area (TPSA) is 85.8 Å². The lowest BCUT2D eigenvalue weighted by atomic mass is 10.1. The van der Waals surface area contributed by atoms with E-state index in [0.717, 1.165) is 17.0 Å². The summed E-state index contributed by atoms with van der Waals surface area (Å²) in [5, 5.41) is 2.39. The van der Waals surface area contributed by atoms with Crippen molar-refractivity contribution in [2.45, 2.75) is 6.42 Å². The highest BCUT2D eigenvalue weighted by Crippen LogP contribution is 2.32. The molecule has 2 heterocycles. The molecule has 0 N–H and O–H groups in total. The molecule has 0 radical (unpaired) electrons. The summed E-state index contributed by atoms with van der Waals surface area (Å²) in [6, 6.07) is 16.1. The number of carbonyl (C=O) groups excluding carboxylic acids is 3. The highest BCUT2D eigenvalue weighted by molar-refractivity contribution is 7.14. The van der Waals surface area contributed by atoms with Crippen LogP contribution in [0.15, 0.2) is 60.0 Å². The van der Waals surface area contributed by atoms with Crippen LogP contribution in [0.4, 0.5) is 5.13 Å². The summed E-state index contributed by atoms with van der Waals surface area (Å²) in [7, 11) is 1.60. The molecular weight excluding hydrogens is 416 g/mol. The van der Waals surface area contributed by atoms with E-state index in [1.54, 1.807) is 37.4 Å². The molecular formula is C23H20N2O5S. The van der Waals surface area contributed by atoms with Gasteiger partial charge in [-0.05, 0) is 12.1 Å². The summed E-state index contributed by atoms with van der Waals surface area (Å²) in [5.41, 5.74) is 2.09. The molecule has 1 amide bonds. The average Bonchev–Trinajstić information content (AvgIpc) is 3.44. The smallest absolute Gasteiger partial charge is 0.311 e. The summed E-state index contributed by atoms with van der Waals surface area (Å²) in [5.74, 6) is -0.928.